The molecule has 1 aliphatic heterocycles. The minimum Gasteiger partial charge on any atom is -0.508 e. The molecule has 27 heavy (non-hydrogen) atoms. The van der Waals surface area contributed by atoms with Crippen LogP contribution in [0.1, 0.15) is 5.56 Å². The molecule has 0 aliphatic carbocycles. The summed E-state index contributed by atoms with van der Waals surface area (Å²) in [6, 6.07) is 11.2. The molecule has 1 N–H and O–H groups in total. The van der Waals surface area contributed by atoms with Gasteiger partial charge >= 0.3 is 0 Å². The molecule has 1 fully saturated rings. The number of anilines is 1. The van der Waals surface area contributed by atoms with Crippen LogP contribution in [0.15, 0.2) is 52.8 Å². The van der Waals surface area contributed by atoms with Gasteiger partial charge in [0, 0.05) is 18.7 Å². The largest absolute Gasteiger partial charge is 0.508 e. The number of nitrogens with zero attached hydrogens (tertiary/aromatic N) is 5. The molecule has 0 amide bonds. The summed E-state index contributed by atoms with van der Waals surface area (Å²) in [5, 5.41) is 20.2. The van der Waals surface area contributed by atoms with Crippen LogP contribution in [0.2, 0.25) is 0 Å². The molecular formula is C19H18FN5O2. The van der Waals surface area contributed by atoms with E-state index in [1.165, 1.54) is 0 Å². The van der Waals surface area contributed by atoms with E-state index >= 15 is 0 Å². The molecule has 0 radical (unpaired) electrons. The van der Waals surface area contributed by atoms with Crippen molar-refractivity contribution in [1.29, 1.82) is 0 Å². The van der Waals surface area contributed by atoms with Gasteiger partial charge in [0.15, 0.2) is 11.6 Å². The molecule has 4 rings (SSSR count). The van der Waals surface area contributed by atoms with Crippen LogP contribution in [0.25, 0.3) is 10.8 Å². The molecule has 1 aromatic heterocycles. The lowest BCUT2D eigenvalue weighted by Gasteiger charge is -2.27. The molecule has 8 heteroatoms. The van der Waals surface area contributed by atoms with E-state index in [1.54, 1.807) is 11.0 Å². The zero-order chi connectivity index (χ0) is 18.6. The maximum atomic E-state index is 14.1. The van der Waals surface area contributed by atoms with Crippen LogP contribution in [0.4, 0.5) is 16.2 Å². The van der Waals surface area contributed by atoms with Crippen LogP contribution in [-0.4, -0.2) is 41.4 Å². The first-order chi connectivity index (χ1) is 13.2. The van der Waals surface area contributed by atoms with Crippen molar-refractivity contribution in [2.75, 3.05) is 31.2 Å². The van der Waals surface area contributed by atoms with Gasteiger partial charge in [-0.3, -0.25) is 0 Å². The molecule has 2 aromatic carbocycles. The van der Waals surface area contributed by atoms with E-state index in [1.807, 2.05) is 30.3 Å². The molecule has 0 saturated carbocycles. The van der Waals surface area contributed by atoms with Gasteiger partial charge in [0.2, 0.25) is 0 Å². The fourth-order valence-corrected chi connectivity index (χ4v) is 3.05. The number of benzene rings is 2. The molecule has 7 nitrogen and oxygen atoms in total. The SMILES string of the molecule is Oc1ccc2ccccc2c1CN=Nc1ncc(F)c(N2CCOCC2)n1. The van der Waals surface area contributed by atoms with Crippen LogP contribution < -0.4 is 4.90 Å². The Morgan fingerprint density at radius 3 is 2.81 bits per heavy atom. The predicted octanol–water partition coefficient (Wildman–Crippen LogP) is 3.60. The number of halogens is 1. The molecule has 0 atom stereocenters. The van der Waals surface area contributed by atoms with Gasteiger partial charge in [-0.15, -0.1) is 5.11 Å². The summed E-state index contributed by atoms with van der Waals surface area (Å²) in [7, 11) is 0. The van der Waals surface area contributed by atoms with Crippen molar-refractivity contribution in [2.24, 2.45) is 10.2 Å². The third kappa shape index (κ3) is 3.70. The van der Waals surface area contributed by atoms with Gasteiger partial charge < -0.3 is 14.7 Å². The summed E-state index contributed by atoms with van der Waals surface area (Å²) in [5.74, 6) is -0.0582. The first-order valence-corrected chi connectivity index (χ1v) is 8.65. The van der Waals surface area contributed by atoms with E-state index in [-0.39, 0.29) is 24.1 Å². The molecule has 138 valence electrons. The summed E-state index contributed by atoms with van der Waals surface area (Å²) >= 11 is 0. The van der Waals surface area contributed by atoms with Crippen LogP contribution in [0.3, 0.4) is 0 Å². The molecule has 0 spiro atoms. The lowest BCUT2D eigenvalue weighted by molar-refractivity contribution is 0.122. The number of phenols is 1. The van der Waals surface area contributed by atoms with Crippen LogP contribution in [-0.2, 0) is 11.3 Å². The maximum Gasteiger partial charge on any atom is 0.270 e. The number of azo groups is 1. The Morgan fingerprint density at radius 2 is 1.96 bits per heavy atom. The summed E-state index contributed by atoms with van der Waals surface area (Å²) in [5.41, 5.74) is 0.673. The molecule has 1 saturated heterocycles. The fraction of sp³-hybridized carbons (Fsp3) is 0.263. The highest BCUT2D eigenvalue weighted by Crippen LogP contribution is 2.28. The van der Waals surface area contributed by atoms with Gasteiger partial charge in [-0.05, 0) is 16.8 Å². The second-order valence-electron chi connectivity index (χ2n) is 6.12. The van der Waals surface area contributed by atoms with E-state index in [9.17, 15) is 9.50 Å². The van der Waals surface area contributed by atoms with Crippen molar-refractivity contribution >= 4 is 22.5 Å². The Morgan fingerprint density at radius 1 is 1.15 bits per heavy atom. The van der Waals surface area contributed by atoms with Crippen LogP contribution >= 0.6 is 0 Å². The minimum atomic E-state index is -0.498. The van der Waals surface area contributed by atoms with Gasteiger partial charge in [-0.2, -0.15) is 10.1 Å². The van der Waals surface area contributed by atoms with Gasteiger partial charge in [0.05, 0.1) is 26.0 Å². The number of fused-ring (bicyclic) bond motifs is 1. The van der Waals surface area contributed by atoms with E-state index < -0.39 is 5.82 Å². The molecule has 0 unspecified atom stereocenters. The first-order valence-electron chi connectivity index (χ1n) is 8.65. The lowest BCUT2D eigenvalue weighted by Crippen LogP contribution is -2.37. The van der Waals surface area contributed by atoms with Crippen molar-refractivity contribution in [3.63, 3.8) is 0 Å². The zero-order valence-electron chi connectivity index (χ0n) is 14.5. The highest BCUT2D eigenvalue weighted by molar-refractivity contribution is 5.87. The predicted molar refractivity (Wildman–Crippen MR) is 98.9 cm³/mol. The molecule has 1 aliphatic rings. The summed E-state index contributed by atoms with van der Waals surface area (Å²) < 4.78 is 19.3. The monoisotopic (exact) mass is 367 g/mol. The average Bonchev–Trinajstić information content (AvgIpc) is 2.71. The van der Waals surface area contributed by atoms with E-state index in [2.05, 4.69) is 20.2 Å². The standard InChI is InChI=1S/C19H18FN5O2/c20-16-12-21-19(23-18(16)25-7-9-27-10-8-25)24-22-11-15-14-4-2-1-3-13(14)5-6-17(15)26/h1-6,12,26H,7-11H2. The highest BCUT2D eigenvalue weighted by atomic mass is 19.1. The second-order valence-corrected chi connectivity index (χ2v) is 6.12. The summed E-state index contributed by atoms with van der Waals surface area (Å²) in [6.45, 7) is 2.35. The van der Waals surface area contributed by atoms with Crippen LogP contribution in [0.5, 0.6) is 5.75 Å². The third-order valence-electron chi connectivity index (χ3n) is 4.43. The van der Waals surface area contributed by atoms with E-state index in [0.29, 0.717) is 31.9 Å². The Balaban J connectivity index is 1.56. The number of morpholine rings is 1. The lowest BCUT2D eigenvalue weighted by atomic mass is 10.0. The van der Waals surface area contributed by atoms with Gasteiger partial charge in [-0.25, -0.2) is 9.37 Å². The molecule has 3 aromatic rings. The fourth-order valence-electron chi connectivity index (χ4n) is 3.05. The van der Waals surface area contributed by atoms with Gasteiger partial charge in [0.1, 0.15) is 5.75 Å². The topological polar surface area (TPSA) is 83.2 Å². The van der Waals surface area contributed by atoms with E-state index in [4.69, 9.17) is 4.74 Å². The quantitative estimate of drug-likeness (QED) is 0.713. The number of phenolic OH excluding ortho intramolecular Hbond substituents is 1. The van der Waals surface area contributed by atoms with Crippen molar-refractivity contribution in [1.82, 2.24) is 9.97 Å². The van der Waals surface area contributed by atoms with E-state index in [0.717, 1.165) is 17.0 Å². The summed E-state index contributed by atoms with van der Waals surface area (Å²) in [6.07, 6.45) is 1.10. The molecule has 2 heterocycles. The van der Waals surface area contributed by atoms with Gasteiger partial charge in [-0.1, -0.05) is 30.3 Å². The number of aromatic hydroxyl groups is 1. The number of hydrogen-bond donors (Lipinski definition) is 1. The second kappa shape index (κ2) is 7.63. The Bertz CT molecular complexity index is 989. The van der Waals surface area contributed by atoms with Crippen LogP contribution in [0, 0.1) is 5.82 Å². The highest BCUT2D eigenvalue weighted by Gasteiger charge is 2.17. The minimum absolute atomic E-state index is 0.0811. The number of rotatable bonds is 4. The van der Waals surface area contributed by atoms with Crippen molar-refractivity contribution in [2.45, 2.75) is 6.54 Å². The normalized spacial score (nSPS) is 14.9. The van der Waals surface area contributed by atoms with Crippen molar-refractivity contribution in [3.05, 3.63) is 54.0 Å². The average molecular weight is 367 g/mol. The number of hydrogen-bond acceptors (Lipinski definition) is 7. The molecular weight excluding hydrogens is 349 g/mol. The third-order valence-corrected chi connectivity index (χ3v) is 4.43. The Kier molecular flexibility index (Phi) is 4.88. The molecule has 0 bridgehead atoms. The van der Waals surface area contributed by atoms with Gasteiger partial charge in [0.25, 0.3) is 5.95 Å². The number of aromatic nitrogens is 2. The van der Waals surface area contributed by atoms with Crippen molar-refractivity contribution < 1.29 is 14.2 Å². The maximum absolute atomic E-state index is 14.1. The Labute approximate surface area is 155 Å². The Hall–Kier alpha value is -3.13. The smallest absolute Gasteiger partial charge is 0.270 e. The van der Waals surface area contributed by atoms with Crippen molar-refractivity contribution in [3.8, 4) is 5.75 Å². The number of ether oxygens (including phenoxy) is 1. The first kappa shape index (κ1) is 17.3. The summed E-state index contributed by atoms with van der Waals surface area (Å²) in [4.78, 5) is 9.86. The zero-order valence-corrected chi connectivity index (χ0v) is 14.5.